The molecule has 1 saturated heterocycles. The Bertz CT molecular complexity index is 1530. The van der Waals surface area contributed by atoms with Gasteiger partial charge in [0.15, 0.2) is 20.3 Å². The number of aromatic nitrogens is 1. The number of benzene rings is 3. The van der Waals surface area contributed by atoms with Crippen LogP contribution >= 0.6 is 8.30 Å². The van der Waals surface area contributed by atoms with E-state index in [2.05, 4.69) is 26.8 Å². The van der Waals surface area contributed by atoms with Gasteiger partial charge in [0.05, 0.1) is 18.3 Å². The molecule has 0 bridgehead atoms. The van der Waals surface area contributed by atoms with Crippen molar-refractivity contribution in [3.8, 4) is 17.2 Å². The molecule has 1 unspecified atom stereocenters. The maximum Gasteiger partial charge on any atom is 0.573 e. The SMILES string of the molecule is COc1ccccc1C1(O)CCN(C)CC1.CP(Nc1ccc(C=O)c(OC(F)(F)F)c1)Oc1cccc2cccnc12. The average Bonchev–Trinajstić information content (AvgIpc) is 2.98. The lowest BCUT2D eigenvalue weighted by atomic mass is 9.84. The van der Waals surface area contributed by atoms with Crippen molar-refractivity contribution in [2.75, 3.05) is 39.0 Å². The monoisotopic (exact) mass is 615 g/mol. The standard InChI is InChI=1S/C18H14F3N2O3P.C13H19NO2/c1-27(26-15-6-2-4-12-5-3-9-22-17(12)15)23-14-8-7-13(11-24)16(10-14)25-18(19,20)21;1-14-9-7-13(15,8-10-14)11-5-3-4-6-12(11)16-2/h2-11,23H,1H3;3-6,15H,7-10H2,1-2H3. The molecule has 1 atom stereocenters. The van der Waals surface area contributed by atoms with Gasteiger partial charge in [0.2, 0.25) is 0 Å². The lowest BCUT2D eigenvalue weighted by molar-refractivity contribution is -0.274. The number of piperidine rings is 1. The van der Waals surface area contributed by atoms with E-state index in [1.807, 2.05) is 48.5 Å². The number of nitrogens with one attached hydrogen (secondary N) is 1. The smallest absolute Gasteiger partial charge is 0.496 e. The van der Waals surface area contributed by atoms with Crippen molar-refractivity contribution in [1.82, 2.24) is 9.88 Å². The number of alkyl halides is 3. The van der Waals surface area contributed by atoms with Crippen LogP contribution < -0.4 is 19.1 Å². The van der Waals surface area contributed by atoms with Crippen LogP contribution in [0.25, 0.3) is 10.9 Å². The van der Waals surface area contributed by atoms with E-state index < -0.39 is 26.0 Å². The molecular formula is C31H33F3N3O5P. The molecule has 1 aromatic heterocycles. The Labute approximate surface area is 249 Å². The minimum Gasteiger partial charge on any atom is -0.496 e. The number of hydrogen-bond donors (Lipinski definition) is 2. The minimum absolute atomic E-state index is 0.197. The fourth-order valence-corrected chi connectivity index (χ4v) is 5.69. The Morgan fingerprint density at radius 1 is 1.00 bits per heavy atom. The van der Waals surface area contributed by atoms with Crippen molar-refractivity contribution in [2.24, 2.45) is 0 Å². The van der Waals surface area contributed by atoms with Crippen LogP contribution in [0.4, 0.5) is 18.9 Å². The Kier molecular flexibility index (Phi) is 10.4. The van der Waals surface area contributed by atoms with Crippen molar-refractivity contribution in [3.63, 3.8) is 0 Å². The molecule has 8 nitrogen and oxygen atoms in total. The van der Waals surface area contributed by atoms with E-state index in [-0.39, 0.29) is 5.56 Å². The fourth-order valence-electron chi connectivity index (χ4n) is 4.70. The third kappa shape index (κ3) is 8.56. The van der Waals surface area contributed by atoms with Crippen LogP contribution in [-0.4, -0.2) is 61.6 Å². The van der Waals surface area contributed by atoms with Gasteiger partial charge in [-0.1, -0.05) is 36.4 Å². The van der Waals surface area contributed by atoms with E-state index in [0.717, 1.165) is 48.7 Å². The number of hydrogen-bond acceptors (Lipinski definition) is 8. The number of carbonyl (C=O) groups excluding carboxylic acids is 1. The summed E-state index contributed by atoms with van der Waals surface area (Å²) >= 11 is 0. The van der Waals surface area contributed by atoms with Crippen molar-refractivity contribution in [3.05, 3.63) is 90.1 Å². The number of likely N-dealkylation sites (tertiary alicyclic amines) is 1. The van der Waals surface area contributed by atoms with Gasteiger partial charge >= 0.3 is 6.36 Å². The van der Waals surface area contributed by atoms with E-state index in [9.17, 15) is 23.1 Å². The molecule has 4 aromatic rings. The second-order valence-electron chi connectivity index (χ2n) is 9.99. The summed E-state index contributed by atoms with van der Waals surface area (Å²) in [6.45, 7) is 3.61. The van der Waals surface area contributed by atoms with Gasteiger partial charge in [-0.05, 0) is 50.2 Å². The quantitative estimate of drug-likeness (QED) is 0.162. The molecule has 43 heavy (non-hydrogen) atoms. The Hall–Kier alpha value is -3.92. The number of aliphatic hydroxyl groups is 1. The third-order valence-electron chi connectivity index (χ3n) is 6.91. The molecule has 228 valence electrons. The highest BCUT2D eigenvalue weighted by atomic mass is 31.2. The van der Waals surface area contributed by atoms with E-state index >= 15 is 0 Å². The van der Waals surface area contributed by atoms with Crippen LogP contribution in [0, 0.1) is 0 Å². The Morgan fingerprint density at radius 2 is 1.70 bits per heavy atom. The number of nitrogens with zero attached hydrogens (tertiary/aromatic N) is 2. The van der Waals surface area contributed by atoms with Gasteiger partial charge in [-0.15, -0.1) is 13.2 Å². The largest absolute Gasteiger partial charge is 0.573 e. The number of halogens is 3. The lowest BCUT2D eigenvalue weighted by Crippen LogP contribution is -2.40. The zero-order chi connectivity index (χ0) is 31.0. The first-order valence-corrected chi connectivity index (χ1v) is 15.1. The number of rotatable bonds is 8. The third-order valence-corrected chi connectivity index (χ3v) is 7.95. The van der Waals surface area contributed by atoms with Crippen LogP contribution in [0.3, 0.4) is 0 Å². The normalized spacial score (nSPS) is 15.5. The molecule has 0 saturated carbocycles. The molecule has 12 heteroatoms. The molecule has 1 aliphatic rings. The van der Waals surface area contributed by atoms with Gasteiger partial charge in [0.25, 0.3) is 0 Å². The number of methoxy groups -OCH3 is 1. The first kappa shape index (κ1) is 32.0. The number of ether oxygens (including phenoxy) is 2. The predicted octanol–water partition coefficient (Wildman–Crippen LogP) is 6.99. The van der Waals surface area contributed by atoms with Gasteiger partial charge in [-0.25, -0.2) is 0 Å². The van der Waals surface area contributed by atoms with E-state index in [4.69, 9.17) is 9.26 Å². The molecule has 5 rings (SSSR count). The van der Waals surface area contributed by atoms with Crippen LogP contribution in [0.5, 0.6) is 17.2 Å². The molecule has 2 N–H and O–H groups in total. The Balaban J connectivity index is 0.000000225. The average molecular weight is 616 g/mol. The summed E-state index contributed by atoms with van der Waals surface area (Å²) in [5, 5.41) is 14.6. The summed E-state index contributed by atoms with van der Waals surface area (Å²) < 4.78 is 52.6. The minimum atomic E-state index is -4.89. The molecule has 0 aliphatic carbocycles. The number of para-hydroxylation sites is 2. The van der Waals surface area contributed by atoms with E-state index in [1.165, 1.54) is 12.1 Å². The van der Waals surface area contributed by atoms with Gasteiger partial charge in [-0.2, -0.15) is 0 Å². The fraction of sp³-hybridized carbons (Fsp3) is 0.290. The Morgan fingerprint density at radius 3 is 2.40 bits per heavy atom. The summed E-state index contributed by atoms with van der Waals surface area (Å²) in [6.07, 6.45) is -1.40. The van der Waals surface area contributed by atoms with Crippen molar-refractivity contribution >= 4 is 31.2 Å². The number of aldehydes is 1. The molecule has 0 radical (unpaired) electrons. The molecule has 0 spiro atoms. The number of carbonyl (C=O) groups is 1. The highest BCUT2D eigenvalue weighted by Gasteiger charge is 2.35. The maximum absolute atomic E-state index is 12.5. The molecule has 1 aliphatic heterocycles. The van der Waals surface area contributed by atoms with Crippen molar-refractivity contribution in [2.45, 2.75) is 24.8 Å². The summed E-state index contributed by atoms with van der Waals surface area (Å²) in [4.78, 5) is 17.4. The van der Waals surface area contributed by atoms with Crippen LogP contribution in [0.1, 0.15) is 28.8 Å². The van der Waals surface area contributed by atoms with Gasteiger partial charge < -0.3 is 29.1 Å². The zero-order valence-electron chi connectivity index (χ0n) is 24.0. The second kappa shape index (κ2) is 14.0. The van der Waals surface area contributed by atoms with Gasteiger partial charge in [0, 0.05) is 48.7 Å². The highest BCUT2D eigenvalue weighted by molar-refractivity contribution is 7.53. The number of pyridine rings is 1. The topological polar surface area (TPSA) is 93.2 Å². The second-order valence-corrected chi connectivity index (χ2v) is 11.4. The van der Waals surface area contributed by atoms with E-state index in [1.54, 1.807) is 26.0 Å². The van der Waals surface area contributed by atoms with Gasteiger partial charge in [-0.3, -0.25) is 9.78 Å². The van der Waals surface area contributed by atoms with E-state index in [0.29, 0.717) is 23.2 Å². The first-order chi connectivity index (χ1) is 20.5. The summed E-state index contributed by atoms with van der Waals surface area (Å²) in [5.41, 5.74) is 1.03. The summed E-state index contributed by atoms with van der Waals surface area (Å²) in [5.74, 6) is 0.776. The number of fused-ring (bicyclic) bond motifs is 1. The van der Waals surface area contributed by atoms with Crippen molar-refractivity contribution in [1.29, 1.82) is 0 Å². The molecule has 3 aromatic carbocycles. The van der Waals surface area contributed by atoms with Crippen LogP contribution in [0.2, 0.25) is 0 Å². The van der Waals surface area contributed by atoms with Crippen LogP contribution in [-0.2, 0) is 5.60 Å². The van der Waals surface area contributed by atoms with Crippen LogP contribution in [0.15, 0.2) is 79.0 Å². The predicted molar refractivity (Wildman–Crippen MR) is 161 cm³/mol. The molecule has 0 amide bonds. The maximum atomic E-state index is 12.5. The molecule has 1 fully saturated rings. The zero-order valence-corrected chi connectivity index (χ0v) is 24.9. The molecular weight excluding hydrogens is 582 g/mol. The summed E-state index contributed by atoms with van der Waals surface area (Å²) in [6, 6.07) is 20.8. The van der Waals surface area contributed by atoms with Gasteiger partial charge in [0.1, 0.15) is 17.0 Å². The summed E-state index contributed by atoms with van der Waals surface area (Å²) in [7, 11) is 2.45. The number of anilines is 1. The lowest BCUT2D eigenvalue weighted by Gasteiger charge is -2.37. The van der Waals surface area contributed by atoms with Crippen molar-refractivity contribution < 1.29 is 37.1 Å². The first-order valence-electron chi connectivity index (χ1n) is 13.4. The highest BCUT2D eigenvalue weighted by Crippen LogP contribution is 2.40. The molecule has 2 heterocycles.